The molecule has 0 bridgehead atoms. The van der Waals surface area contributed by atoms with Crippen LogP contribution in [0.15, 0.2) is 54.6 Å². The van der Waals surface area contributed by atoms with Crippen molar-refractivity contribution in [3.63, 3.8) is 0 Å². The molecule has 0 aromatic heterocycles. The van der Waals surface area contributed by atoms with Gasteiger partial charge in [0.2, 0.25) is 0 Å². The monoisotopic (exact) mass is 376 g/mol. The molecule has 4 N–H and O–H groups in total. The molecule has 146 valence electrons. The van der Waals surface area contributed by atoms with E-state index in [9.17, 15) is 9.90 Å². The Morgan fingerprint density at radius 2 is 1.71 bits per heavy atom. The van der Waals surface area contributed by atoms with Crippen LogP contribution >= 0.6 is 0 Å². The minimum atomic E-state index is -1.12. The molecule has 1 unspecified atom stereocenters. The SMILES string of the molecule is [B]CCCCC(N)(C(=O)O)C1CC(NCc2ccc(-c3ccccc3)cc2)C1. The smallest absolute Gasteiger partial charge is 0.323 e. The second-order valence-electron chi connectivity index (χ2n) is 7.90. The molecule has 1 atom stereocenters. The van der Waals surface area contributed by atoms with Crippen LogP contribution in [-0.4, -0.2) is 30.5 Å². The standard InChI is InChI=1S/C23H29BN2O2/c24-13-5-4-12-23(25,22(27)28)20-14-21(15-20)26-16-17-8-10-19(11-9-17)18-6-2-1-3-7-18/h1-3,6-11,20-21,26H,4-5,12-16,25H2,(H,27,28). The maximum absolute atomic E-state index is 11.7. The van der Waals surface area contributed by atoms with Gasteiger partial charge in [0, 0.05) is 12.6 Å². The Morgan fingerprint density at radius 1 is 1.07 bits per heavy atom. The molecule has 0 aliphatic heterocycles. The number of nitrogens with one attached hydrogen (secondary N) is 1. The van der Waals surface area contributed by atoms with E-state index in [0.717, 1.165) is 32.2 Å². The van der Waals surface area contributed by atoms with Crippen molar-refractivity contribution < 1.29 is 9.90 Å². The fraction of sp³-hybridized carbons (Fsp3) is 0.435. The van der Waals surface area contributed by atoms with E-state index in [2.05, 4.69) is 41.7 Å². The summed E-state index contributed by atoms with van der Waals surface area (Å²) in [5, 5.41) is 13.1. The zero-order chi connectivity index (χ0) is 20.0. The summed E-state index contributed by atoms with van der Waals surface area (Å²) in [6.07, 6.45) is 4.29. The predicted molar refractivity (Wildman–Crippen MR) is 114 cm³/mol. The summed E-state index contributed by atoms with van der Waals surface area (Å²) >= 11 is 0. The van der Waals surface area contributed by atoms with Crippen LogP contribution in [0, 0.1) is 5.92 Å². The molecule has 0 spiro atoms. The van der Waals surface area contributed by atoms with Gasteiger partial charge in [-0.1, -0.05) is 73.8 Å². The molecule has 0 saturated heterocycles. The molecule has 2 radical (unpaired) electrons. The second kappa shape index (κ2) is 9.40. The number of carboxylic acids is 1. The van der Waals surface area contributed by atoms with Gasteiger partial charge >= 0.3 is 5.97 Å². The fourth-order valence-electron chi connectivity index (χ4n) is 3.96. The van der Waals surface area contributed by atoms with Gasteiger partial charge < -0.3 is 16.2 Å². The van der Waals surface area contributed by atoms with E-state index in [0.29, 0.717) is 18.8 Å². The Morgan fingerprint density at radius 3 is 2.32 bits per heavy atom. The summed E-state index contributed by atoms with van der Waals surface area (Å²) in [5.74, 6) is -0.856. The molecule has 1 aliphatic carbocycles. The van der Waals surface area contributed by atoms with Crippen LogP contribution in [-0.2, 0) is 11.3 Å². The maximum atomic E-state index is 11.7. The van der Waals surface area contributed by atoms with Crippen LogP contribution in [0.1, 0.15) is 37.7 Å². The summed E-state index contributed by atoms with van der Waals surface area (Å²) in [6, 6.07) is 19.2. The van der Waals surface area contributed by atoms with E-state index in [1.54, 1.807) is 0 Å². The van der Waals surface area contributed by atoms with Crippen molar-refractivity contribution in [3.8, 4) is 11.1 Å². The first kappa shape index (κ1) is 20.6. The first-order valence-corrected chi connectivity index (χ1v) is 10.1. The van der Waals surface area contributed by atoms with Crippen molar-refractivity contribution in [1.29, 1.82) is 0 Å². The summed E-state index contributed by atoms with van der Waals surface area (Å²) in [7, 11) is 5.52. The lowest BCUT2D eigenvalue weighted by Crippen LogP contribution is -2.60. The molecule has 2 aromatic carbocycles. The number of hydrogen-bond donors (Lipinski definition) is 3. The molecule has 2 aromatic rings. The highest BCUT2D eigenvalue weighted by Gasteiger charge is 2.47. The summed E-state index contributed by atoms with van der Waals surface area (Å²) in [6.45, 7) is 0.782. The molecule has 1 aliphatic rings. The lowest BCUT2D eigenvalue weighted by atomic mass is 9.66. The predicted octanol–water partition coefficient (Wildman–Crippen LogP) is 3.76. The second-order valence-corrected chi connectivity index (χ2v) is 7.90. The zero-order valence-corrected chi connectivity index (χ0v) is 16.3. The third-order valence-electron chi connectivity index (χ3n) is 5.97. The fourth-order valence-corrected chi connectivity index (χ4v) is 3.96. The van der Waals surface area contributed by atoms with Gasteiger partial charge in [0.1, 0.15) is 5.54 Å². The molecule has 28 heavy (non-hydrogen) atoms. The summed E-state index contributed by atoms with van der Waals surface area (Å²) < 4.78 is 0. The summed E-state index contributed by atoms with van der Waals surface area (Å²) in [4.78, 5) is 11.7. The third-order valence-corrected chi connectivity index (χ3v) is 5.97. The Kier molecular flexibility index (Phi) is 6.92. The molecule has 1 fully saturated rings. The summed E-state index contributed by atoms with van der Waals surface area (Å²) in [5.41, 5.74) is 8.79. The Labute approximate surface area is 168 Å². The average Bonchev–Trinajstić information content (AvgIpc) is 2.68. The molecule has 1 saturated carbocycles. The highest BCUT2D eigenvalue weighted by atomic mass is 16.4. The van der Waals surface area contributed by atoms with Gasteiger partial charge in [-0.05, 0) is 41.9 Å². The van der Waals surface area contributed by atoms with E-state index in [1.807, 2.05) is 18.2 Å². The Bertz CT molecular complexity index is 760. The number of nitrogens with two attached hydrogens (primary N) is 1. The van der Waals surface area contributed by atoms with Crippen molar-refractivity contribution in [2.75, 3.05) is 0 Å². The van der Waals surface area contributed by atoms with Gasteiger partial charge in [0.25, 0.3) is 0 Å². The molecule has 5 heteroatoms. The van der Waals surface area contributed by atoms with Crippen LogP contribution in [0.3, 0.4) is 0 Å². The molecule has 3 rings (SSSR count). The van der Waals surface area contributed by atoms with Gasteiger partial charge in [-0.25, -0.2) is 0 Å². The van der Waals surface area contributed by atoms with Crippen molar-refractivity contribution in [2.24, 2.45) is 11.7 Å². The van der Waals surface area contributed by atoms with Crippen LogP contribution < -0.4 is 11.1 Å². The van der Waals surface area contributed by atoms with Crippen molar-refractivity contribution in [1.82, 2.24) is 5.32 Å². The molecular weight excluding hydrogens is 347 g/mol. The van der Waals surface area contributed by atoms with Crippen molar-refractivity contribution in [3.05, 3.63) is 60.2 Å². The van der Waals surface area contributed by atoms with E-state index < -0.39 is 11.5 Å². The first-order valence-electron chi connectivity index (χ1n) is 10.1. The molecule has 0 amide bonds. The number of carbonyl (C=O) groups is 1. The van der Waals surface area contributed by atoms with Crippen molar-refractivity contribution in [2.45, 2.75) is 56.5 Å². The van der Waals surface area contributed by atoms with Gasteiger partial charge in [0.15, 0.2) is 0 Å². The Hall–Kier alpha value is -2.11. The largest absolute Gasteiger partial charge is 0.480 e. The van der Waals surface area contributed by atoms with Crippen LogP contribution in [0.2, 0.25) is 6.32 Å². The normalized spacial score (nSPS) is 20.9. The maximum Gasteiger partial charge on any atom is 0.323 e. The lowest BCUT2D eigenvalue weighted by molar-refractivity contribution is -0.148. The number of unbranched alkanes of at least 4 members (excludes halogenated alkanes) is 1. The highest BCUT2D eigenvalue weighted by molar-refractivity contribution is 6.08. The van der Waals surface area contributed by atoms with Gasteiger partial charge in [-0.2, -0.15) is 0 Å². The van der Waals surface area contributed by atoms with E-state index >= 15 is 0 Å². The van der Waals surface area contributed by atoms with Crippen LogP contribution in [0.5, 0.6) is 0 Å². The van der Waals surface area contributed by atoms with Gasteiger partial charge in [-0.3, -0.25) is 4.79 Å². The first-order chi connectivity index (χ1) is 13.5. The number of benzene rings is 2. The molecule has 0 heterocycles. The number of carboxylic acid groups (broad SMARTS) is 1. The van der Waals surface area contributed by atoms with E-state index in [1.165, 1.54) is 16.7 Å². The highest BCUT2D eigenvalue weighted by Crippen LogP contribution is 2.38. The Balaban J connectivity index is 1.47. The van der Waals surface area contributed by atoms with Gasteiger partial charge in [-0.15, -0.1) is 0 Å². The van der Waals surface area contributed by atoms with Gasteiger partial charge in [0.05, 0.1) is 7.85 Å². The minimum absolute atomic E-state index is 0.0285. The zero-order valence-electron chi connectivity index (χ0n) is 16.3. The third kappa shape index (κ3) is 4.84. The number of hydrogen-bond acceptors (Lipinski definition) is 3. The number of aliphatic carboxylic acids is 1. The minimum Gasteiger partial charge on any atom is -0.480 e. The van der Waals surface area contributed by atoms with E-state index in [-0.39, 0.29) is 5.92 Å². The molecule has 4 nitrogen and oxygen atoms in total. The van der Waals surface area contributed by atoms with Crippen LogP contribution in [0.25, 0.3) is 11.1 Å². The van der Waals surface area contributed by atoms with Crippen LogP contribution in [0.4, 0.5) is 0 Å². The topological polar surface area (TPSA) is 75.4 Å². The lowest BCUT2D eigenvalue weighted by Gasteiger charge is -2.45. The average molecular weight is 376 g/mol. The van der Waals surface area contributed by atoms with E-state index in [4.69, 9.17) is 13.6 Å². The number of rotatable bonds is 10. The van der Waals surface area contributed by atoms with Crippen molar-refractivity contribution >= 4 is 13.8 Å². The quantitative estimate of drug-likeness (QED) is 0.436. The molecular formula is C23H29BN2O2.